The first kappa shape index (κ1) is 14.6. The molecule has 0 aromatic heterocycles. The van der Waals surface area contributed by atoms with Gasteiger partial charge >= 0.3 is 0 Å². The maximum Gasteiger partial charge on any atom is 0.0409 e. The Morgan fingerprint density at radius 3 is 2.64 bits per heavy atom. The molecule has 0 spiro atoms. The summed E-state index contributed by atoms with van der Waals surface area (Å²) in [5.74, 6) is 0. The molecular formula is C19H20ClNS. The monoisotopic (exact) mass is 329 g/mol. The van der Waals surface area contributed by atoms with E-state index in [4.69, 9.17) is 11.6 Å². The Morgan fingerprint density at radius 2 is 1.77 bits per heavy atom. The number of hydrogen-bond donors (Lipinski definition) is 0. The van der Waals surface area contributed by atoms with E-state index in [0.717, 1.165) is 11.4 Å². The second kappa shape index (κ2) is 6.27. The molecule has 3 heteroatoms. The molecule has 1 fully saturated rings. The molecule has 0 saturated carbocycles. The molecule has 2 aliphatic rings. The second-order valence-electron chi connectivity index (χ2n) is 6.21. The molecule has 0 aliphatic carbocycles. The van der Waals surface area contributed by atoms with E-state index in [2.05, 4.69) is 41.3 Å². The Kier molecular flexibility index (Phi) is 4.17. The molecule has 114 valence electrons. The maximum atomic E-state index is 6.25. The van der Waals surface area contributed by atoms with Crippen molar-refractivity contribution in [1.82, 2.24) is 4.90 Å². The van der Waals surface area contributed by atoms with Crippen LogP contribution in [-0.2, 0) is 6.42 Å². The van der Waals surface area contributed by atoms with Gasteiger partial charge in [-0.3, -0.25) is 4.90 Å². The van der Waals surface area contributed by atoms with E-state index in [9.17, 15) is 0 Å². The lowest BCUT2D eigenvalue weighted by molar-refractivity contribution is 0.160. The molecule has 0 N–H and O–H groups in total. The van der Waals surface area contributed by atoms with Gasteiger partial charge in [-0.15, -0.1) is 0 Å². The lowest BCUT2D eigenvalue weighted by atomic mass is 9.95. The Hall–Kier alpha value is -0.960. The smallest absolute Gasteiger partial charge is 0.0409 e. The van der Waals surface area contributed by atoms with E-state index in [1.165, 1.54) is 53.3 Å². The minimum absolute atomic E-state index is 0.490. The first-order valence-electron chi connectivity index (χ1n) is 8.10. The molecule has 0 bridgehead atoms. The average Bonchev–Trinajstić information content (AvgIpc) is 2.72. The SMILES string of the molecule is Clc1ccc2c(c1)CC(N1CCCCC1)c1ccccc1S2. The Labute approximate surface area is 141 Å². The van der Waals surface area contributed by atoms with Crippen LogP contribution in [0.3, 0.4) is 0 Å². The van der Waals surface area contributed by atoms with Crippen molar-refractivity contribution in [3.8, 4) is 0 Å². The lowest BCUT2D eigenvalue weighted by Gasteiger charge is -2.35. The highest BCUT2D eigenvalue weighted by atomic mass is 35.5. The third-order valence-corrected chi connectivity index (χ3v) is 6.21. The molecule has 1 nitrogen and oxygen atoms in total. The fourth-order valence-electron chi connectivity index (χ4n) is 3.65. The third kappa shape index (κ3) is 2.80. The molecule has 1 unspecified atom stereocenters. The minimum atomic E-state index is 0.490. The van der Waals surface area contributed by atoms with Gasteiger partial charge in [-0.25, -0.2) is 0 Å². The van der Waals surface area contributed by atoms with Crippen LogP contribution in [0.15, 0.2) is 52.3 Å². The van der Waals surface area contributed by atoms with Gasteiger partial charge in [0.25, 0.3) is 0 Å². The quantitative estimate of drug-likeness (QED) is 0.672. The van der Waals surface area contributed by atoms with E-state index in [0.29, 0.717) is 6.04 Å². The maximum absolute atomic E-state index is 6.25. The van der Waals surface area contributed by atoms with Crippen LogP contribution in [0.25, 0.3) is 0 Å². The highest BCUT2D eigenvalue weighted by molar-refractivity contribution is 7.99. The van der Waals surface area contributed by atoms with Gasteiger partial charge in [0.2, 0.25) is 0 Å². The van der Waals surface area contributed by atoms with Crippen molar-refractivity contribution in [3.63, 3.8) is 0 Å². The Morgan fingerprint density at radius 1 is 0.955 bits per heavy atom. The zero-order chi connectivity index (χ0) is 14.9. The van der Waals surface area contributed by atoms with Crippen molar-refractivity contribution in [1.29, 1.82) is 0 Å². The summed E-state index contributed by atoms with van der Waals surface area (Å²) in [4.78, 5) is 5.44. The van der Waals surface area contributed by atoms with Gasteiger partial charge in [-0.1, -0.05) is 48.0 Å². The highest BCUT2D eigenvalue weighted by Gasteiger charge is 2.28. The summed E-state index contributed by atoms with van der Waals surface area (Å²) in [7, 11) is 0. The van der Waals surface area contributed by atoms with Crippen LogP contribution in [0.4, 0.5) is 0 Å². The molecule has 0 radical (unpaired) electrons. The minimum Gasteiger partial charge on any atom is -0.296 e. The Balaban J connectivity index is 1.78. The average molecular weight is 330 g/mol. The van der Waals surface area contributed by atoms with E-state index < -0.39 is 0 Å². The van der Waals surface area contributed by atoms with Gasteiger partial charge in [-0.2, -0.15) is 0 Å². The number of hydrogen-bond acceptors (Lipinski definition) is 2. The van der Waals surface area contributed by atoms with Crippen LogP contribution in [0, 0.1) is 0 Å². The van der Waals surface area contributed by atoms with Gasteiger partial charge in [-0.05, 0) is 67.7 Å². The van der Waals surface area contributed by atoms with Crippen molar-refractivity contribution in [2.24, 2.45) is 0 Å². The second-order valence-corrected chi connectivity index (χ2v) is 7.73. The van der Waals surface area contributed by atoms with Crippen molar-refractivity contribution < 1.29 is 0 Å². The fraction of sp³-hybridized carbons (Fsp3) is 0.368. The molecule has 1 saturated heterocycles. The molecular weight excluding hydrogens is 310 g/mol. The van der Waals surface area contributed by atoms with E-state index in [-0.39, 0.29) is 0 Å². The highest BCUT2D eigenvalue weighted by Crippen LogP contribution is 2.43. The summed E-state index contributed by atoms with van der Waals surface area (Å²) in [6.45, 7) is 2.44. The first-order valence-corrected chi connectivity index (χ1v) is 9.30. The number of benzene rings is 2. The first-order chi connectivity index (χ1) is 10.8. The summed E-state index contributed by atoms with van der Waals surface area (Å²) in [6.07, 6.45) is 5.10. The fourth-order valence-corrected chi connectivity index (χ4v) is 4.96. The van der Waals surface area contributed by atoms with Crippen LogP contribution in [0.1, 0.15) is 36.4 Å². The summed E-state index contributed by atoms with van der Waals surface area (Å²) in [5.41, 5.74) is 2.88. The van der Waals surface area contributed by atoms with Crippen molar-refractivity contribution in [2.75, 3.05) is 13.1 Å². The Bertz CT molecular complexity index is 679. The number of rotatable bonds is 1. The molecule has 2 aromatic carbocycles. The predicted octanol–water partition coefficient (Wildman–Crippen LogP) is 5.57. The zero-order valence-corrected chi connectivity index (χ0v) is 14.2. The molecule has 22 heavy (non-hydrogen) atoms. The standard InChI is InChI=1S/C19H20ClNS/c20-15-8-9-18-14(12-15)13-17(21-10-4-1-5-11-21)16-6-2-3-7-19(16)22-18/h2-3,6-9,12,17H,1,4-5,10-11,13H2. The summed E-state index contributed by atoms with van der Waals surface area (Å²) >= 11 is 8.15. The normalized spacial score (nSPS) is 21.8. The topological polar surface area (TPSA) is 3.24 Å². The molecule has 2 heterocycles. The number of fused-ring (bicyclic) bond motifs is 2. The largest absolute Gasteiger partial charge is 0.296 e. The molecule has 4 rings (SSSR count). The zero-order valence-electron chi connectivity index (χ0n) is 12.6. The van der Waals surface area contributed by atoms with E-state index >= 15 is 0 Å². The number of halogens is 1. The third-order valence-electron chi connectivity index (χ3n) is 4.77. The number of piperidine rings is 1. The van der Waals surface area contributed by atoms with Crippen LogP contribution in [0.2, 0.25) is 5.02 Å². The summed E-state index contributed by atoms with van der Waals surface area (Å²) in [5, 5.41) is 0.850. The van der Waals surface area contributed by atoms with E-state index in [1.807, 2.05) is 17.8 Å². The van der Waals surface area contributed by atoms with Gasteiger partial charge in [0.15, 0.2) is 0 Å². The summed E-state index contributed by atoms with van der Waals surface area (Å²) in [6, 6.07) is 15.8. The van der Waals surface area contributed by atoms with Crippen molar-refractivity contribution in [2.45, 2.75) is 41.5 Å². The van der Waals surface area contributed by atoms with Gasteiger partial charge in [0.05, 0.1) is 0 Å². The van der Waals surface area contributed by atoms with E-state index in [1.54, 1.807) is 0 Å². The van der Waals surface area contributed by atoms with Gasteiger partial charge < -0.3 is 0 Å². The van der Waals surface area contributed by atoms with Crippen LogP contribution in [0.5, 0.6) is 0 Å². The van der Waals surface area contributed by atoms with Crippen molar-refractivity contribution in [3.05, 3.63) is 58.6 Å². The van der Waals surface area contributed by atoms with Gasteiger partial charge in [0, 0.05) is 20.9 Å². The number of nitrogens with zero attached hydrogens (tertiary/aromatic N) is 1. The molecule has 0 amide bonds. The van der Waals surface area contributed by atoms with Crippen LogP contribution in [-0.4, -0.2) is 18.0 Å². The lowest BCUT2D eigenvalue weighted by Crippen LogP contribution is -2.34. The number of likely N-dealkylation sites (tertiary alicyclic amines) is 1. The molecule has 1 atom stereocenters. The summed E-state index contributed by atoms with van der Waals surface area (Å²) < 4.78 is 0. The molecule has 2 aromatic rings. The van der Waals surface area contributed by atoms with Crippen LogP contribution < -0.4 is 0 Å². The predicted molar refractivity (Wildman–Crippen MR) is 93.9 cm³/mol. The molecule has 2 aliphatic heterocycles. The van der Waals surface area contributed by atoms with Crippen LogP contribution >= 0.6 is 23.4 Å². The van der Waals surface area contributed by atoms with Crippen molar-refractivity contribution >= 4 is 23.4 Å². The van der Waals surface area contributed by atoms with Gasteiger partial charge in [0.1, 0.15) is 0 Å².